The van der Waals surface area contributed by atoms with Gasteiger partial charge in [0.25, 0.3) is 0 Å². The van der Waals surface area contributed by atoms with Gasteiger partial charge in [-0.15, -0.1) is 0 Å². The van der Waals surface area contributed by atoms with Gasteiger partial charge in [-0.2, -0.15) is 0 Å². The van der Waals surface area contributed by atoms with Crippen LogP contribution in [0.15, 0.2) is 24.3 Å². The third-order valence-corrected chi connectivity index (χ3v) is 3.65. The minimum atomic E-state index is -0.502. The third kappa shape index (κ3) is 5.41. The second-order valence-corrected chi connectivity index (χ2v) is 6.70. The van der Waals surface area contributed by atoms with Crippen LogP contribution in [0.4, 0.5) is 4.79 Å². The highest BCUT2D eigenvalue weighted by Gasteiger charge is 2.23. The number of alkyl carbamates (subject to hydrolysis) is 1. The Morgan fingerprint density at radius 2 is 2.17 bits per heavy atom. The van der Waals surface area contributed by atoms with E-state index >= 15 is 0 Å². The van der Waals surface area contributed by atoms with Crippen LogP contribution in [-0.4, -0.2) is 48.9 Å². The first kappa shape index (κ1) is 17.6. The van der Waals surface area contributed by atoms with E-state index in [9.17, 15) is 4.79 Å². The van der Waals surface area contributed by atoms with Crippen molar-refractivity contribution >= 4 is 6.09 Å². The normalized spacial score (nSPS) is 16.7. The molecule has 128 valence electrons. The molecule has 0 saturated carbocycles. The van der Waals surface area contributed by atoms with Crippen LogP contribution < -0.4 is 15.8 Å². The molecule has 1 aliphatic heterocycles. The van der Waals surface area contributed by atoms with E-state index in [1.807, 2.05) is 39.0 Å². The topological polar surface area (TPSA) is 76.8 Å². The van der Waals surface area contributed by atoms with Crippen LogP contribution >= 0.6 is 0 Å². The number of hydrogen-bond donors (Lipinski definition) is 2. The number of nitrogens with two attached hydrogens (primary N) is 1. The number of carbonyl (C=O) groups is 1. The van der Waals surface area contributed by atoms with Crippen molar-refractivity contribution in [3.05, 3.63) is 29.8 Å². The zero-order chi connectivity index (χ0) is 16.9. The Morgan fingerprint density at radius 3 is 2.87 bits per heavy atom. The molecule has 0 radical (unpaired) electrons. The SMILES string of the molecule is CC(C)(C)OC(=O)NCC(CN)N1CCOc2ccccc2C1. The molecule has 0 spiro atoms. The molecule has 0 aliphatic carbocycles. The molecule has 1 aromatic rings. The quantitative estimate of drug-likeness (QED) is 0.883. The van der Waals surface area contributed by atoms with E-state index in [2.05, 4.69) is 16.3 Å². The van der Waals surface area contributed by atoms with E-state index in [-0.39, 0.29) is 6.04 Å². The van der Waals surface area contributed by atoms with Crippen molar-refractivity contribution in [1.82, 2.24) is 10.2 Å². The summed E-state index contributed by atoms with van der Waals surface area (Å²) in [7, 11) is 0. The molecular weight excluding hydrogens is 294 g/mol. The second-order valence-electron chi connectivity index (χ2n) is 6.70. The highest BCUT2D eigenvalue weighted by molar-refractivity contribution is 5.67. The lowest BCUT2D eigenvalue weighted by Gasteiger charge is -2.29. The summed E-state index contributed by atoms with van der Waals surface area (Å²) in [6.45, 7) is 8.58. The van der Waals surface area contributed by atoms with Gasteiger partial charge < -0.3 is 20.5 Å². The number of rotatable bonds is 4. The van der Waals surface area contributed by atoms with Crippen molar-refractivity contribution in [2.75, 3.05) is 26.2 Å². The van der Waals surface area contributed by atoms with Gasteiger partial charge in [0, 0.05) is 37.8 Å². The van der Waals surface area contributed by atoms with Crippen molar-refractivity contribution in [1.29, 1.82) is 0 Å². The Kier molecular flexibility index (Phi) is 5.85. The van der Waals surface area contributed by atoms with Crippen LogP contribution in [0.1, 0.15) is 26.3 Å². The van der Waals surface area contributed by atoms with Crippen molar-refractivity contribution in [3.63, 3.8) is 0 Å². The van der Waals surface area contributed by atoms with E-state index in [0.29, 0.717) is 19.7 Å². The molecular formula is C17H27N3O3. The van der Waals surface area contributed by atoms with Crippen LogP contribution in [-0.2, 0) is 11.3 Å². The monoisotopic (exact) mass is 321 g/mol. The number of ether oxygens (including phenoxy) is 2. The zero-order valence-corrected chi connectivity index (χ0v) is 14.2. The van der Waals surface area contributed by atoms with Crippen molar-refractivity contribution in [3.8, 4) is 5.75 Å². The first-order valence-electron chi connectivity index (χ1n) is 8.01. The molecule has 1 amide bonds. The molecule has 23 heavy (non-hydrogen) atoms. The first-order chi connectivity index (χ1) is 10.9. The van der Waals surface area contributed by atoms with Gasteiger partial charge >= 0.3 is 6.09 Å². The number of fused-ring (bicyclic) bond motifs is 1. The summed E-state index contributed by atoms with van der Waals surface area (Å²) in [6.07, 6.45) is -0.414. The van der Waals surface area contributed by atoms with Gasteiger partial charge in [-0.1, -0.05) is 18.2 Å². The summed E-state index contributed by atoms with van der Waals surface area (Å²) < 4.78 is 11.0. The van der Waals surface area contributed by atoms with Gasteiger partial charge in [0.2, 0.25) is 0 Å². The predicted octanol–water partition coefficient (Wildman–Crippen LogP) is 1.73. The number of nitrogens with one attached hydrogen (secondary N) is 1. The fourth-order valence-electron chi connectivity index (χ4n) is 2.53. The molecule has 1 heterocycles. The Labute approximate surface area is 137 Å². The van der Waals surface area contributed by atoms with Gasteiger partial charge in [0.1, 0.15) is 18.0 Å². The standard InChI is InChI=1S/C17H27N3O3/c1-17(2,3)23-16(21)19-11-14(10-18)20-8-9-22-15-7-5-4-6-13(15)12-20/h4-7,14H,8-12,18H2,1-3H3,(H,19,21). The van der Waals surface area contributed by atoms with Crippen molar-refractivity contribution in [2.24, 2.45) is 5.73 Å². The lowest BCUT2D eigenvalue weighted by molar-refractivity contribution is 0.0505. The van der Waals surface area contributed by atoms with Crippen LogP contribution in [0.25, 0.3) is 0 Å². The Balaban J connectivity index is 1.94. The maximum Gasteiger partial charge on any atom is 0.407 e. The van der Waals surface area contributed by atoms with Crippen molar-refractivity contribution in [2.45, 2.75) is 39.0 Å². The van der Waals surface area contributed by atoms with Crippen LogP contribution in [0.5, 0.6) is 5.75 Å². The zero-order valence-electron chi connectivity index (χ0n) is 14.2. The van der Waals surface area contributed by atoms with E-state index in [1.165, 1.54) is 0 Å². The third-order valence-electron chi connectivity index (χ3n) is 3.65. The molecule has 1 atom stereocenters. The van der Waals surface area contributed by atoms with Gasteiger partial charge in [0.15, 0.2) is 0 Å². The number of hydrogen-bond acceptors (Lipinski definition) is 5. The number of benzene rings is 1. The maximum atomic E-state index is 11.8. The molecule has 6 heteroatoms. The largest absolute Gasteiger partial charge is 0.492 e. The summed E-state index contributed by atoms with van der Waals surface area (Å²) in [5, 5.41) is 2.81. The average Bonchev–Trinajstić information content (AvgIpc) is 2.68. The summed E-state index contributed by atoms with van der Waals surface area (Å²) >= 11 is 0. The average molecular weight is 321 g/mol. The van der Waals surface area contributed by atoms with Gasteiger partial charge in [-0.05, 0) is 26.8 Å². The molecule has 1 aromatic carbocycles. The van der Waals surface area contributed by atoms with Crippen LogP contribution in [0.2, 0.25) is 0 Å². The number of amides is 1. The molecule has 2 rings (SSSR count). The lowest BCUT2D eigenvalue weighted by Crippen LogP contribution is -2.49. The number of para-hydroxylation sites is 1. The summed E-state index contributed by atoms with van der Waals surface area (Å²) in [5.74, 6) is 0.922. The van der Waals surface area contributed by atoms with E-state index in [4.69, 9.17) is 15.2 Å². The number of nitrogens with zero attached hydrogens (tertiary/aromatic N) is 1. The number of carbonyl (C=O) groups excluding carboxylic acids is 1. The highest BCUT2D eigenvalue weighted by atomic mass is 16.6. The Morgan fingerprint density at radius 1 is 1.43 bits per heavy atom. The fourth-order valence-corrected chi connectivity index (χ4v) is 2.53. The summed E-state index contributed by atoms with van der Waals surface area (Å²) in [4.78, 5) is 14.1. The minimum absolute atomic E-state index is 0.0391. The summed E-state index contributed by atoms with van der Waals surface area (Å²) in [6, 6.07) is 8.05. The lowest BCUT2D eigenvalue weighted by atomic mass is 10.1. The van der Waals surface area contributed by atoms with Gasteiger partial charge in [-0.25, -0.2) is 4.79 Å². The van der Waals surface area contributed by atoms with Crippen LogP contribution in [0, 0.1) is 0 Å². The molecule has 3 N–H and O–H groups in total. The molecule has 0 aromatic heterocycles. The molecule has 1 aliphatic rings. The van der Waals surface area contributed by atoms with Crippen molar-refractivity contribution < 1.29 is 14.3 Å². The molecule has 0 bridgehead atoms. The van der Waals surface area contributed by atoms with E-state index in [1.54, 1.807) is 0 Å². The maximum absolute atomic E-state index is 11.8. The van der Waals surface area contributed by atoms with Gasteiger partial charge in [-0.3, -0.25) is 4.90 Å². The highest BCUT2D eigenvalue weighted by Crippen LogP contribution is 2.23. The summed E-state index contributed by atoms with van der Waals surface area (Å²) in [5.41, 5.74) is 6.55. The van der Waals surface area contributed by atoms with Gasteiger partial charge in [0.05, 0.1) is 0 Å². The smallest absolute Gasteiger partial charge is 0.407 e. The predicted molar refractivity (Wildman–Crippen MR) is 89.4 cm³/mol. The van der Waals surface area contributed by atoms with Crippen LogP contribution in [0.3, 0.4) is 0 Å². The van der Waals surface area contributed by atoms with E-state index < -0.39 is 11.7 Å². The second kappa shape index (κ2) is 7.66. The fraction of sp³-hybridized carbons (Fsp3) is 0.588. The minimum Gasteiger partial charge on any atom is -0.492 e. The van der Waals surface area contributed by atoms with E-state index in [0.717, 1.165) is 24.4 Å². The molecule has 6 nitrogen and oxygen atoms in total. The molecule has 0 fully saturated rings. The Bertz CT molecular complexity index is 528. The first-order valence-corrected chi connectivity index (χ1v) is 8.01. The Hall–Kier alpha value is -1.79. The molecule has 0 saturated heterocycles. The molecule has 1 unspecified atom stereocenters.